The molecule has 0 unspecified atom stereocenters. The second-order valence-electron chi connectivity index (χ2n) is 7.95. The number of benzene rings is 1. The smallest absolute Gasteiger partial charge is 0.120 e. The van der Waals surface area contributed by atoms with E-state index in [1.165, 1.54) is 16.7 Å². The summed E-state index contributed by atoms with van der Waals surface area (Å²) in [4.78, 5) is 0. The summed E-state index contributed by atoms with van der Waals surface area (Å²) in [5, 5.41) is 0. The van der Waals surface area contributed by atoms with Crippen LogP contribution in [0, 0.1) is 5.41 Å². The zero-order chi connectivity index (χ0) is 15.6. The predicted molar refractivity (Wildman–Crippen MR) is 89.2 cm³/mol. The average Bonchev–Trinajstić information content (AvgIpc) is 2.23. The molecule has 0 bridgehead atoms. The van der Waals surface area contributed by atoms with Crippen molar-refractivity contribution in [2.45, 2.75) is 67.4 Å². The molecule has 0 radical (unpaired) electrons. The van der Waals surface area contributed by atoms with Crippen LogP contribution in [0.3, 0.4) is 0 Å². The molecule has 112 valence electrons. The molecule has 0 aromatic heterocycles. The summed E-state index contributed by atoms with van der Waals surface area (Å²) in [6.07, 6.45) is 1.09. The highest BCUT2D eigenvalue weighted by Crippen LogP contribution is 2.33. The molecule has 0 spiro atoms. The van der Waals surface area contributed by atoms with Gasteiger partial charge in [-0.3, -0.25) is 0 Å². The Morgan fingerprint density at radius 3 is 1.75 bits per heavy atom. The third kappa shape index (κ3) is 5.81. The quantitative estimate of drug-likeness (QED) is 0.647. The molecule has 0 N–H and O–H groups in total. The number of allylic oxidation sites excluding steroid dienone is 2. The fraction of sp³-hybridized carbons (Fsp3) is 0.579. The minimum absolute atomic E-state index is 0.147. The molecule has 0 fully saturated rings. The highest BCUT2D eigenvalue weighted by molar-refractivity contribution is 5.68. The van der Waals surface area contributed by atoms with E-state index in [4.69, 9.17) is 4.74 Å². The van der Waals surface area contributed by atoms with Gasteiger partial charge in [0.05, 0.1) is 0 Å². The van der Waals surface area contributed by atoms with Crippen molar-refractivity contribution in [1.82, 2.24) is 0 Å². The molecular weight excluding hydrogens is 244 g/mol. The Hall–Kier alpha value is -1.24. The van der Waals surface area contributed by atoms with Gasteiger partial charge in [0.1, 0.15) is 11.4 Å². The molecule has 0 amide bonds. The third-order valence-corrected chi connectivity index (χ3v) is 2.94. The highest BCUT2D eigenvalue weighted by atomic mass is 16.5. The normalized spacial score (nSPS) is 12.2. The van der Waals surface area contributed by atoms with Crippen LogP contribution >= 0.6 is 0 Å². The van der Waals surface area contributed by atoms with Gasteiger partial charge in [-0.15, -0.1) is 0 Å². The molecule has 1 heteroatoms. The van der Waals surface area contributed by atoms with Gasteiger partial charge in [0.25, 0.3) is 0 Å². The highest BCUT2D eigenvalue weighted by Gasteiger charge is 2.16. The lowest BCUT2D eigenvalue weighted by molar-refractivity contribution is 0.131. The lowest BCUT2D eigenvalue weighted by Crippen LogP contribution is -2.22. The topological polar surface area (TPSA) is 9.23 Å². The summed E-state index contributed by atoms with van der Waals surface area (Å²) >= 11 is 0. The second kappa shape index (κ2) is 6.03. The van der Waals surface area contributed by atoms with Crippen molar-refractivity contribution in [2.24, 2.45) is 5.41 Å². The maximum absolute atomic E-state index is 5.88. The minimum Gasteiger partial charge on any atom is -0.488 e. The molecule has 20 heavy (non-hydrogen) atoms. The Morgan fingerprint density at radius 1 is 0.900 bits per heavy atom. The first-order chi connectivity index (χ1) is 8.98. The zero-order valence-corrected chi connectivity index (χ0v) is 14.4. The molecule has 1 aromatic carbocycles. The lowest BCUT2D eigenvalue weighted by atomic mass is 9.83. The van der Waals surface area contributed by atoms with Crippen molar-refractivity contribution in [2.75, 3.05) is 0 Å². The minimum atomic E-state index is -0.147. The third-order valence-electron chi connectivity index (χ3n) is 2.94. The summed E-state index contributed by atoms with van der Waals surface area (Å²) in [6.45, 7) is 17.5. The number of ether oxygens (including phenoxy) is 1. The van der Waals surface area contributed by atoms with Crippen LogP contribution in [0.4, 0.5) is 0 Å². The van der Waals surface area contributed by atoms with Crippen molar-refractivity contribution >= 4 is 5.57 Å². The van der Waals surface area contributed by atoms with Gasteiger partial charge in [-0.1, -0.05) is 38.5 Å². The summed E-state index contributed by atoms with van der Waals surface area (Å²) in [6, 6.07) is 8.50. The van der Waals surface area contributed by atoms with Crippen LogP contribution in [0.1, 0.15) is 67.4 Å². The fourth-order valence-corrected chi connectivity index (χ4v) is 2.18. The molecule has 1 aromatic rings. The van der Waals surface area contributed by atoms with Crippen LogP contribution in [0.2, 0.25) is 0 Å². The molecule has 0 aliphatic heterocycles. The van der Waals surface area contributed by atoms with Crippen LogP contribution in [0.15, 0.2) is 29.8 Å². The van der Waals surface area contributed by atoms with Crippen LogP contribution in [0.5, 0.6) is 5.75 Å². The zero-order valence-electron chi connectivity index (χ0n) is 14.4. The largest absolute Gasteiger partial charge is 0.488 e. The summed E-state index contributed by atoms with van der Waals surface area (Å²) < 4.78 is 5.88. The van der Waals surface area contributed by atoms with Gasteiger partial charge >= 0.3 is 0 Å². The van der Waals surface area contributed by atoms with Gasteiger partial charge in [-0.2, -0.15) is 0 Å². The molecule has 0 aliphatic rings. The van der Waals surface area contributed by atoms with Gasteiger partial charge in [-0.25, -0.2) is 0 Å². The van der Waals surface area contributed by atoms with Gasteiger partial charge in [0, 0.05) is 0 Å². The van der Waals surface area contributed by atoms with Gasteiger partial charge < -0.3 is 4.74 Å². The Balaban J connectivity index is 2.99. The van der Waals surface area contributed by atoms with Crippen molar-refractivity contribution in [3.05, 3.63) is 35.4 Å². The monoisotopic (exact) mass is 274 g/mol. The molecule has 1 nitrogen and oxygen atoms in total. The predicted octanol–water partition coefficient (Wildman–Crippen LogP) is 6.09. The van der Waals surface area contributed by atoms with Gasteiger partial charge in [0.15, 0.2) is 0 Å². The standard InChI is InChI=1S/C19H30O/c1-14(2)17(13-18(3,4)5)15-9-11-16(12-10-15)20-19(6,7)8/h9-12H,13H2,1-8H3. The number of rotatable bonds is 3. The molecule has 0 atom stereocenters. The maximum atomic E-state index is 5.88. The summed E-state index contributed by atoms with van der Waals surface area (Å²) in [5.41, 5.74) is 4.30. The Kier molecular flexibility index (Phi) is 5.07. The van der Waals surface area contributed by atoms with Crippen LogP contribution in [-0.2, 0) is 0 Å². The van der Waals surface area contributed by atoms with E-state index in [1.807, 2.05) is 0 Å². The van der Waals surface area contributed by atoms with Crippen LogP contribution in [0.25, 0.3) is 5.57 Å². The first kappa shape index (κ1) is 16.8. The Labute approximate surface area is 125 Å². The van der Waals surface area contributed by atoms with E-state index in [0.29, 0.717) is 5.41 Å². The average molecular weight is 274 g/mol. The molecule has 0 heterocycles. The fourth-order valence-electron chi connectivity index (χ4n) is 2.18. The van der Waals surface area contributed by atoms with E-state index in [9.17, 15) is 0 Å². The van der Waals surface area contributed by atoms with E-state index >= 15 is 0 Å². The van der Waals surface area contributed by atoms with E-state index in [0.717, 1.165) is 12.2 Å². The van der Waals surface area contributed by atoms with Crippen molar-refractivity contribution in [3.8, 4) is 5.75 Å². The van der Waals surface area contributed by atoms with E-state index in [-0.39, 0.29) is 5.60 Å². The maximum Gasteiger partial charge on any atom is 0.120 e. The van der Waals surface area contributed by atoms with E-state index in [1.54, 1.807) is 0 Å². The van der Waals surface area contributed by atoms with Crippen LogP contribution < -0.4 is 4.74 Å². The molecule has 1 rings (SSSR count). The van der Waals surface area contributed by atoms with Gasteiger partial charge in [-0.05, 0) is 69.7 Å². The van der Waals surface area contributed by atoms with Crippen molar-refractivity contribution < 1.29 is 4.74 Å². The van der Waals surface area contributed by atoms with E-state index < -0.39 is 0 Å². The lowest BCUT2D eigenvalue weighted by Gasteiger charge is -2.23. The number of hydrogen-bond acceptors (Lipinski definition) is 1. The van der Waals surface area contributed by atoms with Crippen LogP contribution in [-0.4, -0.2) is 5.60 Å². The Morgan fingerprint density at radius 2 is 1.40 bits per heavy atom. The Bertz CT molecular complexity index is 460. The first-order valence-corrected chi connectivity index (χ1v) is 7.44. The second-order valence-corrected chi connectivity index (χ2v) is 7.95. The SMILES string of the molecule is CC(C)=C(CC(C)(C)C)c1ccc(OC(C)(C)C)cc1. The molecule has 0 saturated carbocycles. The van der Waals surface area contributed by atoms with Crippen molar-refractivity contribution in [3.63, 3.8) is 0 Å². The van der Waals surface area contributed by atoms with E-state index in [2.05, 4.69) is 79.7 Å². The number of hydrogen-bond donors (Lipinski definition) is 0. The summed E-state index contributed by atoms with van der Waals surface area (Å²) in [5.74, 6) is 0.935. The summed E-state index contributed by atoms with van der Waals surface area (Å²) in [7, 11) is 0. The molecular formula is C19H30O. The van der Waals surface area contributed by atoms with Crippen molar-refractivity contribution in [1.29, 1.82) is 0 Å². The first-order valence-electron chi connectivity index (χ1n) is 7.44. The molecule has 0 saturated heterocycles. The molecule has 0 aliphatic carbocycles. The van der Waals surface area contributed by atoms with Gasteiger partial charge in [0.2, 0.25) is 0 Å².